The maximum absolute atomic E-state index is 12.6. The number of fused-ring (bicyclic) bond motifs is 2. The fourth-order valence-electron chi connectivity index (χ4n) is 3.33. The fraction of sp³-hybridized carbons (Fsp3) is 0.562. The molecule has 3 rings (SSSR count). The summed E-state index contributed by atoms with van der Waals surface area (Å²) in [7, 11) is 1.63. The highest BCUT2D eigenvalue weighted by Gasteiger charge is 2.42. The molecule has 2 aliphatic rings. The smallest absolute Gasteiger partial charge is 0.322 e. The summed E-state index contributed by atoms with van der Waals surface area (Å²) < 4.78 is 5.07. The lowest BCUT2D eigenvalue weighted by atomic mass is 9.86. The topological polar surface area (TPSA) is 74.8 Å². The van der Waals surface area contributed by atoms with Crippen LogP contribution >= 0.6 is 0 Å². The van der Waals surface area contributed by atoms with Crippen molar-refractivity contribution >= 4 is 17.6 Å². The molecule has 0 aliphatic carbocycles. The highest BCUT2D eigenvalue weighted by molar-refractivity contribution is 5.94. The van der Waals surface area contributed by atoms with E-state index in [2.05, 4.69) is 10.3 Å². The van der Waals surface area contributed by atoms with Crippen molar-refractivity contribution in [2.75, 3.05) is 38.7 Å². The number of amides is 3. The number of anilines is 1. The lowest BCUT2D eigenvalue weighted by molar-refractivity contribution is -0.144. The van der Waals surface area contributed by atoms with Crippen molar-refractivity contribution in [1.82, 2.24) is 14.8 Å². The van der Waals surface area contributed by atoms with Crippen LogP contribution in [-0.2, 0) is 9.53 Å². The Kier molecular flexibility index (Phi) is 4.76. The molecule has 2 atom stereocenters. The Morgan fingerprint density at radius 1 is 1.52 bits per heavy atom. The monoisotopic (exact) mass is 318 g/mol. The van der Waals surface area contributed by atoms with Gasteiger partial charge in [-0.25, -0.2) is 4.79 Å². The van der Waals surface area contributed by atoms with Crippen LogP contribution in [-0.4, -0.2) is 66.1 Å². The molecule has 7 heteroatoms. The van der Waals surface area contributed by atoms with Gasteiger partial charge < -0.3 is 19.9 Å². The molecule has 1 aromatic heterocycles. The molecule has 3 heterocycles. The molecule has 1 N–H and O–H groups in total. The third-order valence-electron chi connectivity index (χ3n) is 4.53. The number of rotatable bonds is 4. The molecule has 3 amide bonds. The van der Waals surface area contributed by atoms with Gasteiger partial charge in [0.25, 0.3) is 0 Å². The number of methoxy groups -OCH3 is 1. The maximum atomic E-state index is 12.6. The fourth-order valence-corrected chi connectivity index (χ4v) is 3.33. The van der Waals surface area contributed by atoms with Crippen LogP contribution in [0.2, 0.25) is 0 Å². The van der Waals surface area contributed by atoms with Gasteiger partial charge in [-0.2, -0.15) is 0 Å². The molecular formula is C16H22N4O3. The number of likely N-dealkylation sites (tertiary alicyclic amines) is 2. The van der Waals surface area contributed by atoms with E-state index in [9.17, 15) is 9.59 Å². The summed E-state index contributed by atoms with van der Waals surface area (Å²) in [6.45, 7) is 2.50. The van der Waals surface area contributed by atoms with Gasteiger partial charge in [0.15, 0.2) is 0 Å². The minimum Gasteiger partial charge on any atom is -0.383 e. The summed E-state index contributed by atoms with van der Waals surface area (Å²) in [4.78, 5) is 32.6. The molecule has 124 valence electrons. The van der Waals surface area contributed by atoms with Crippen molar-refractivity contribution in [2.24, 2.45) is 5.92 Å². The molecule has 0 radical (unpaired) electrons. The van der Waals surface area contributed by atoms with Crippen molar-refractivity contribution in [3.8, 4) is 0 Å². The molecule has 0 saturated carbocycles. The molecule has 0 aromatic carbocycles. The molecule has 23 heavy (non-hydrogen) atoms. The van der Waals surface area contributed by atoms with E-state index in [1.54, 1.807) is 36.5 Å². The normalized spacial score (nSPS) is 23.8. The summed E-state index contributed by atoms with van der Waals surface area (Å²) in [6, 6.07) is 2.95. The van der Waals surface area contributed by atoms with E-state index in [-0.39, 0.29) is 18.0 Å². The van der Waals surface area contributed by atoms with Crippen LogP contribution in [0.3, 0.4) is 0 Å². The van der Waals surface area contributed by atoms with E-state index in [4.69, 9.17) is 4.74 Å². The second-order valence-electron chi connectivity index (χ2n) is 6.05. The third kappa shape index (κ3) is 3.44. The van der Waals surface area contributed by atoms with Crippen molar-refractivity contribution < 1.29 is 14.3 Å². The van der Waals surface area contributed by atoms with E-state index < -0.39 is 0 Å². The number of piperidine rings is 2. The van der Waals surface area contributed by atoms with Gasteiger partial charge in [-0.1, -0.05) is 0 Å². The standard InChI is InChI=1S/C16H22N4O3/c1-23-8-7-19-11-12-4-6-20(14(9-12)15(19)21)16(22)18-13-3-2-5-17-10-13/h2-3,5,10,12,14H,4,6-9,11H2,1H3,(H,18,22)/t12-,14+/m0/s1. The molecule has 0 unspecified atom stereocenters. The Morgan fingerprint density at radius 3 is 3.13 bits per heavy atom. The number of urea groups is 1. The Hall–Kier alpha value is -2.15. The Labute approximate surface area is 135 Å². The van der Waals surface area contributed by atoms with Gasteiger partial charge >= 0.3 is 6.03 Å². The van der Waals surface area contributed by atoms with Gasteiger partial charge in [-0.3, -0.25) is 9.78 Å². The molecule has 2 saturated heterocycles. The third-order valence-corrected chi connectivity index (χ3v) is 4.53. The maximum Gasteiger partial charge on any atom is 0.322 e. The predicted molar refractivity (Wildman–Crippen MR) is 84.9 cm³/mol. The van der Waals surface area contributed by atoms with Crippen molar-refractivity contribution in [3.63, 3.8) is 0 Å². The number of ether oxygens (including phenoxy) is 1. The van der Waals surface area contributed by atoms with E-state index in [1.807, 2.05) is 4.90 Å². The quantitative estimate of drug-likeness (QED) is 0.905. The van der Waals surface area contributed by atoms with Gasteiger partial charge in [0.05, 0.1) is 18.5 Å². The highest BCUT2D eigenvalue weighted by atomic mass is 16.5. The number of pyridine rings is 1. The van der Waals surface area contributed by atoms with Crippen molar-refractivity contribution in [2.45, 2.75) is 18.9 Å². The summed E-state index contributed by atoms with van der Waals surface area (Å²) in [5.74, 6) is 0.497. The Balaban J connectivity index is 1.68. The number of hydrogen-bond donors (Lipinski definition) is 1. The van der Waals surface area contributed by atoms with Crippen molar-refractivity contribution in [3.05, 3.63) is 24.5 Å². The summed E-state index contributed by atoms with van der Waals surface area (Å²) >= 11 is 0. The Morgan fingerprint density at radius 2 is 2.39 bits per heavy atom. The van der Waals surface area contributed by atoms with Gasteiger partial charge in [-0.15, -0.1) is 0 Å². The summed E-state index contributed by atoms with van der Waals surface area (Å²) in [5.41, 5.74) is 0.638. The van der Waals surface area contributed by atoms with Crippen LogP contribution in [0.5, 0.6) is 0 Å². The van der Waals surface area contributed by atoms with Crippen LogP contribution < -0.4 is 5.32 Å². The summed E-state index contributed by atoms with van der Waals surface area (Å²) in [5, 5.41) is 2.82. The predicted octanol–water partition coefficient (Wildman–Crippen LogP) is 1.18. The van der Waals surface area contributed by atoms with Gasteiger partial charge in [0.1, 0.15) is 6.04 Å². The lowest BCUT2D eigenvalue weighted by Gasteiger charge is -2.46. The SMILES string of the molecule is COCCN1C[C@H]2CCN(C(=O)Nc3cccnc3)[C@H](C2)C1=O. The lowest BCUT2D eigenvalue weighted by Crippen LogP contribution is -2.61. The number of aromatic nitrogens is 1. The van der Waals surface area contributed by atoms with Crippen LogP contribution in [0.1, 0.15) is 12.8 Å². The molecule has 2 bridgehead atoms. The van der Waals surface area contributed by atoms with Crippen LogP contribution in [0.15, 0.2) is 24.5 Å². The second-order valence-corrected chi connectivity index (χ2v) is 6.05. The zero-order valence-electron chi connectivity index (χ0n) is 13.3. The second kappa shape index (κ2) is 6.95. The van der Waals surface area contributed by atoms with E-state index in [0.29, 0.717) is 31.3 Å². The number of nitrogens with zero attached hydrogens (tertiary/aromatic N) is 3. The zero-order chi connectivity index (χ0) is 16.2. The minimum absolute atomic E-state index is 0.0272. The molecule has 2 aliphatic heterocycles. The van der Waals surface area contributed by atoms with Crippen LogP contribution in [0, 0.1) is 5.92 Å². The average molecular weight is 318 g/mol. The molecule has 2 fully saturated rings. The first-order valence-electron chi connectivity index (χ1n) is 7.94. The first kappa shape index (κ1) is 15.7. The largest absolute Gasteiger partial charge is 0.383 e. The summed E-state index contributed by atoms with van der Waals surface area (Å²) in [6.07, 6.45) is 4.92. The number of nitrogens with one attached hydrogen (secondary N) is 1. The number of carbonyl (C=O) groups is 2. The molecule has 1 aromatic rings. The minimum atomic E-state index is -0.365. The van der Waals surface area contributed by atoms with Gasteiger partial charge in [-0.05, 0) is 30.9 Å². The number of hydrogen-bond acceptors (Lipinski definition) is 4. The zero-order valence-corrected chi connectivity index (χ0v) is 13.3. The Bertz CT molecular complexity index is 566. The first-order valence-corrected chi connectivity index (χ1v) is 7.94. The molecular weight excluding hydrogens is 296 g/mol. The van der Waals surface area contributed by atoms with Crippen LogP contribution in [0.25, 0.3) is 0 Å². The molecule has 0 spiro atoms. The van der Waals surface area contributed by atoms with E-state index in [0.717, 1.165) is 19.4 Å². The van der Waals surface area contributed by atoms with E-state index in [1.165, 1.54) is 0 Å². The van der Waals surface area contributed by atoms with Gasteiger partial charge in [0.2, 0.25) is 5.91 Å². The number of carbonyl (C=O) groups excluding carboxylic acids is 2. The van der Waals surface area contributed by atoms with E-state index >= 15 is 0 Å². The van der Waals surface area contributed by atoms with Crippen LogP contribution in [0.4, 0.5) is 10.5 Å². The first-order chi connectivity index (χ1) is 11.2. The highest BCUT2D eigenvalue weighted by Crippen LogP contribution is 2.30. The average Bonchev–Trinajstić information content (AvgIpc) is 2.58. The molecule has 7 nitrogen and oxygen atoms in total. The van der Waals surface area contributed by atoms with Crippen molar-refractivity contribution in [1.29, 1.82) is 0 Å². The van der Waals surface area contributed by atoms with Gasteiger partial charge in [0, 0.05) is 32.9 Å².